The van der Waals surface area contributed by atoms with E-state index in [1.54, 1.807) is 17.7 Å². The molecule has 1 atom stereocenters. The molecule has 0 bridgehead atoms. The Balaban J connectivity index is 1.91. The van der Waals surface area contributed by atoms with Crippen molar-refractivity contribution in [3.05, 3.63) is 17.8 Å². The lowest BCUT2D eigenvalue weighted by Gasteiger charge is -2.19. The van der Waals surface area contributed by atoms with Crippen molar-refractivity contribution in [2.45, 2.75) is 33.2 Å². The quantitative estimate of drug-likeness (QED) is 0.782. The molecular weight excluding hydrogens is 298 g/mol. The number of thiazole rings is 1. The number of fused-ring (bicyclic) bond motifs is 1. The van der Waals surface area contributed by atoms with Crippen LogP contribution in [-0.2, 0) is 14.1 Å². The third kappa shape index (κ3) is 2.70. The van der Waals surface area contributed by atoms with Gasteiger partial charge in [-0.15, -0.1) is 0 Å². The summed E-state index contributed by atoms with van der Waals surface area (Å²) in [6, 6.07) is 0.0985. The van der Waals surface area contributed by atoms with Crippen LogP contribution in [0.15, 0.2) is 6.33 Å². The topological polar surface area (TPSA) is 73.5 Å². The summed E-state index contributed by atoms with van der Waals surface area (Å²) in [6.07, 6.45) is 2.57. The lowest BCUT2D eigenvalue weighted by molar-refractivity contribution is 0.498. The van der Waals surface area contributed by atoms with Gasteiger partial charge in [0.15, 0.2) is 10.8 Å². The Morgan fingerprint density at radius 2 is 2.05 bits per heavy atom. The number of hydrogen-bond donors (Lipinski definition) is 1. The highest BCUT2D eigenvalue weighted by atomic mass is 32.1. The number of aromatic nitrogens is 6. The van der Waals surface area contributed by atoms with Crippen molar-refractivity contribution in [3.63, 3.8) is 0 Å². The SMILES string of the molecule is Cc1nn(C)c2nc(N[C@H](CC(C)C)c3ncnn3C)sc12. The molecule has 3 aromatic rings. The zero-order valence-electron chi connectivity index (χ0n) is 13.5. The van der Waals surface area contributed by atoms with E-state index in [1.165, 1.54) is 0 Å². The zero-order chi connectivity index (χ0) is 15.9. The molecule has 0 aliphatic heterocycles. The predicted octanol–water partition coefficient (Wildman–Crippen LogP) is 2.67. The molecule has 3 aromatic heterocycles. The van der Waals surface area contributed by atoms with Gasteiger partial charge < -0.3 is 5.32 Å². The molecule has 118 valence electrons. The minimum absolute atomic E-state index is 0.0985. The first kappa shape index (κ1) is 15.0. The summed E-state index contributed by atoms with van der Waals surface area (Å²) in [6.45, 7) is 6.42. The van der Waals surface area contributed by atoms with Crippen molar-refractivity contribution in [2.75, 3.05) is 5.32 Å². The number of aryl methyl sites for hydroxylation is 3. The second kappa shape index (κ2) is 5.68. The average molecular weight is 319 g/mol. The molecule has 22 heavy (non-hydrogen) atoms. The molecular formula is C14H21N7S. The van der Waals surface area contributed by atoms with Crippen LogP contribution in [0.4, 0.5) is 5.13 Å². The molecule has 0 aliphatic rings. The predicted molar refractivity (Wildman–Crippen MR) is 87.9 cm³/mol. The third-order valence-electron chi connectivity index (χ3n) is 3.61. The van der Waals surface area contributed by atoms with Gasteiger partial charge in [-0.25, -0.2) is 14.6 Å². The van der Waals surface area contributed by atoms with Crippen LogP contribution in [0.25, 0.3) is 10.3 Å². The van der Waals surface area contributed by atoms with Crippen LogP contribution in [0.2, 0.25) is 0 Å². The second-order valence-electron chi connectivity index (χ2n) is 5.95. The first-order valence-electron chi connectivity index (χ1n) is 7.36. The summed E-state index contributed by atoms with van der Waals surface area (Å²) in [7, 11) is 3.84. The van der Waals surface area contributed by atoms with E-state index in [-0.39, 0.29) is 6.04 Å². The largest absolute Gasteiger partial charge is 0.351 e. The summed E-state index contributed by atoms with van der Waals surface area (Å²) in [5, 5.41) is 13.0. The molecule has 0 fully saturated rings. The summed E-state index contributed by atoms with van der Waals surface area (Å²) < 4.78 is 4.78. The van der Waals surface area contributed by atoms with E-state index in [4.69, 9.17) is 0 Å². The van der Waals surface area contributed by atoms with E-state index in [0.717, 1.165) is 33.4 Å². The molecule has 3 rings (SSSR count). The van der Waals surface area contributed by atoms with E-state index in [1.807, 2.05) is 30.4 Å². The highest BCUT2D eigenvalue weighted by Gasteiger charge is 2.21. The zero-order valence-corrected chi connectivity index (χ0v) is 14.3. The van der Waals surface area contributed by atoms with Gasteiger partial charge in [0.05, 0.1) is 16.4 Å². The molecule has 7 nitrogen and oxygen atoms in total. The molecule has 0 radical (unpaired) electrons. The number of nitrogens with zero attached hydrogens (tertiary/aromatic N) is 6. The minimum atomic E-state index is 0.0985. The van der Waals surface area contributed by atoms with Gasteiger partial charge in [-0.2, -0.15) is 10.2 Å². The fourth-order valence-electron chi connectivity index (χ4n) is 2.62. The van der Waals surface area contributed by atoms with Gasteiger partial charge in [0, 0.05) is 14.1 Å². The first-order valence-corrected chi connectivity index (χ1v) is 8.18. The van der Waals surface area contributed by atoms with Crippen molar-refractivity contribution in [2.24, 2.45) is 20.0 Å². The standard InChI is InChI=1S/C14H21N7S/c1-8(2)6-10(12-15-7-16-20(12)4)17-14-18-13-11(22-14)9(3)19-21(13)5/h7-8,10H,6H2,1-5H3,(H,17,18)/t10-/m1/s1. The fourth-order valence-corrected chi connectivity index (χ4v) is 3.60. The summed E-state index contributed by atoms with van der Waals surface area (Å²) in [4.78, 5) is 9.06. The van der Waals surface area contributed by atoms with Crippen LogP contribution in [0.3, 0.4) is 0 Å². The Hall–Kier alpha value is -1.96. The Morgan fingerprint density at radius 3 is 2.64 bits per heavy atom. The summed E-state index contributed by atoms with van der Waals surface area (Å²) in [5.74, 6) is 1.48. The van der Waals surface area contributed by atoms with Gasteiger partial charge in [0.2, 0.25) is 0 Å². The van der Waals surface area contributed by atoms with Gasteiger partial charge in [0.25, 0.3) is 0 Å². The Labute approximate surface area is 133 Å². The van der Waals surface area contributed by atoms with Crippen molar-refractivity contribution in [3.8, 4) is 0 Å². The van der Waals surface area contributed by atoms with Crippen LogP contribution >= 0.6 is 11.3 Å². The van der Waals surface area contributed by atoms with Crippen molar-refractivity contribution in [1.82, 2.24) is 29.5 Å². The van der Waals surface area contributed by atoms with Crippen LogP contribution in [0.5, 0.6) is 0 Å². The molecule has 0 aromatic carbocycles. The lowest BCUT2D eigenvalue weighted by atomic mass is 10.0. The van der Waals surface area contributed by atoms with Crippen molar-refractivity contribution < 1.29 is 0 Å². The van der Waals surface area contributed by atoms with Crippen molar-refractivity contribution >= 4 is 26.8 Å². The van der Waals surface area contributed by atoms with E-state index < -0.39 is 0 Å². The second-order valence-corrected chi connectivity index (χ2v) is 6.95. The normalized spacial score (nSPS) is 13.2. The average Bonchev–Trinajstić information content (AvgIpc) is 3.08. The van der Waals surface area contributed by atoms with Gasteiger partial charge >= 0.3 is 0 Å². The molecule has 0 saturated carbocycles. The summed E-state index contributed by atoms with van der Waals surface area (Å²) >= 11 is 1.64. The molecule has 3 heterocycles. The van der Waals surface area contributed by atoms with Crippen LogP contribution < -0.4 is 5.32 Å². The summed E-state index contributed by atoms with van der Waals surface area (Å²) in [5.41, 5.74) is 1.94. The van der Waals surface area contributed by atoms with E-state index in [9.17, 15) is 0 Å². The van der Waals surface area contributed by atoms with Crippen molar-refractivity contribution in [1.29, 1.82) is 0 Å². The molecule has 0 amide bonds. The van der Waals surface area contributed by atoms with E-state index in [2.05, 4.69) is 39.3 Å². The van der Waals surface area contributed by atoms with E-state index in [0.29, 0.717) is 5.92 Å². The number of hydrogen-bond acceptors (Lipinski definition) is 6. The maximum absolute atomic E-state index is 4.67. The van der Waals surface area contributed by atoms with Crippen LogP contribution in [0.1, 0.15) is 37.8 Å². The van der Waals surface area contributed by atoms with Gasteiger partial charge in [-0.1, -0.05) is 25.2 Å². The Morgan fingerprint density at radius 1 is 1.27 bits per heavy atom. The highest BCUT2D eigenvalue weighted by Crippen LogP contribution is 2.31. The van der Waals surface area contributed by atoms with Gasteiger partial charge in [0.1, 0.15) is 12.2 Å². The molecule has 8 heteroatoms. The molecule has 1 N–H and O–H groups in total. The highest BCUT2D eigenvalue weighted by molar-refractivity contribution is 7.22. The lowest BCUT2D eigenvalue weighted by Crippen LogP contribution is -2.17. The number of nitrogens with one attached hydrogen (secondary N) is 1. The molecule has 0 spiro atoms. The Bertz CT molecular complexity index is 748. The first-order chi connectivity index (χ1) is 10.5. The third-order valence-corrected chi connectivity index (χ3v) is 4.69. The maximum atomic E-state index is 4.67. The monoisotopic (exact) mass is 319 g/mol. The van der Waals surface area contributed by atoms with Gasteiger partial charge in [-0.3, -0.25) is 4.68 Å². The maximum Gasteiger partial charge on any atom is 0.186 e. The van der Waals surface area contributed by atoms with Gasteiger partial charge in [-0.05, 0) is 19.3 Å². The van der Waals surface area contributed by atoms with Crippen LogP contribution in [-0.4, -0.2) is 29.5 Å². The number of anilines is 1. The fraction of sp³-hybridized carbons (Fsp3) is 0.571. The smallest absolute Gasteiger partial charge is 0.186 e. The molecule has 0 unspecified atom stereocenters. The van der Waals surface area contributed by atoms with Crippen LogP contribution in [0, 0.1) is 12.8 Å². The Kier molecular flexibility index (Phi) is 3.86. The molecule has 0 saturated heterocycles. The number of rotatable bonds is 5. The minimum Gasteiger partial charge on any atom is -0.351 e. The molecule has 0 aliphatic carbocycles. The van der Waals surface area contributed by atoms with E-state index >= 15 is 0 Å².